The van der Waals surface area contributed by atoms with Gasteiger partial charge in [0.15, 0.2) is 0 Å². The molecule has 0 spiro atoms. The van der Waals surface area contributed by atoms with Crippen LogP contribution >= 0.6 is 0 Å². The first kappa shape index (κ1) is 9.90. The van der Waals surface area contributed by atoms with Crippen molar-refractivity contribution in [2.45, 2.75) is 26.7 Å². The van der Waals surface area contributed by atoms with Crippen LogP contribution in [0.4, 0.5) is 0 Å². The molecule has 0 bridgehead atoms. The number of benzene rings is 1. The van der Waals surface area contributed by atoms with Gasteiger partial charge in [0.2, 0.25) is 0 Å². The first-order valence-corrected chi connectivity index (χ1v) is 4.63. The lowest BCUT2D eigenvalue weighted by Gasteiger charge is -2.08. The number of phenolic OH excluding ortho intramolecular Hbond substituents is 2. The van der Waals surface area contributed by atoms with Gasteiger partial charge >= 0.3 is 0 Å². The smallest absolute Gasteiger partial charge is 0.119 e. The molecule has 2 nitrogen and oxygen atoms in total. The highest BCUT2D eigenvalue weighted by Crippen LogP contribution is 2.22. The first-order valence-electron chi connectivity index (χ1n) is 4.63. The summed E-state index contributed by atoms with van der Waals surface area (Å²) in [6.07, 6.45) is 2.01. The summed E-state index contributed by atoms with van der Waals surface area (Å²) in [7, 11) is 0. The molecule has 0 saturated heterocycles. The fourth-order valence-electron chi connectivity index (χ4n) is 1.32. The summed E-state index contributed by atoms with van der Waals surface area (Å²) in [5, 5.41) is 18.4. The van der Waals surface area contributed by atoms with Crippen molar-refractivity contribution in [3.05, 3.63) is 23.8 Å². The van der Waals surface area contributed by atoms with Gasteiger partial charge < -0.3 is 10.2 Å². The van der Waals surface area contributed by atoms with Crippen molar-refractivity contribution in [1.29, 1.82) is 0 Å². The molecule has 0 heterocycles. The molecular weight excluding hydrogens is 164 g/mol. The zero-order chi connectivity index (χ0) is 9.84. The third-order valence-corrected chi connectivity index (χ3v) is 2.24. The Morgan fingerprint density at radius 3 is 2.15 bits per heavy atom. The number of hydrogen-bond donors (Lipinski definition) is 2. The zero-order valence-electron chi connectivity index (χ0n) is 8.12. The van der Waals surface area contributed by atoms with Gasteiger partial charge in [-0.15, -0.1) is 0 Å². The molecule has 0 unspecified atom stereocenters. The van der Waals surface area contributed by atoms with Crippen molar-refractivity contribution in [3.8, 4) is 11.5 Å². The minimum atomic E-state index is 0.137. The molecule has 0 amide bonds. The molecule has 0 aliphatic heterocycles. The summed E-state index contributed by atoms with van der Waals surface area (Å²) >= 11 is 0. The largest absolute Gasteiger partial charge is 0.508 e. The number of aromatic hydroxyl groups is 2. The van der Waals surface area contributed by atoms with Crippen LogP contribution in [0.1, 0.15) is 25.8 Å². The summed E-state index contributed by atoms with van der Waals surface area (Å²) in [6.45, 7) is 4.29. The van der Waals surface area contributed by atoms with Gasteiger partial charge in [-0.1, -0.05) is 20.3 Å². The maximum atomic E-state index is 9.22. The average molecular weight is 180 g/mol. The van der Waals surface area contributed by atoms with E-state index in [1.807, 2.05) is 0 Å². The summed E-state index contributed by atoms with van der Waals surface area (Å²) in [5.41, 5.74) is 0.992. The van der Waals surface area contributed by atoms with E-state index in [4.69, 9.17) is 0 Å². The van der Waals surface area contributed by atoms with Crippen LogP contribution in [0.15, 0.2) is 18.2 Å². The van der Waals surface area contributed by atoms with Gasteiger partial charge in [-0.25, -0.2) is 0 Å². The van der Waals surface area contributed by atoms with Crippen LogP contribution in [0.5, 0.6) is 11.5 Å². The van der Waals surface area contributed by atoms with Crippen molar-refractivity contribution >= 4 is 0 Å². The van der Waals surface area contributed by atoms with E-state index in [2.05, 4.69) is 13.8 Å². The minimum absolute atomic E-state index is 0.137. The standard InChI is InChI=1S/C11H16O2/c1-3-8(2)4-9-5-10(12)7-11(13)6-9/h5-8,12-13H,3-4H2,1-2H3/t8-/m1/s1. The summed E-state index contributed by atoms with van der Waals surface area (Å²) < 4.78 is 0. The Bertz CT molecular complexity index is 261. The van der Waals surface area contributed by atoms with Gasteiger partial charge in [0, 0.05) is 6.07 Å². The van der Waals surface area contributed by atoms with Gasteiger partial charge in [-0.3, -0.25) is 0 Å². The molecule has 72 valence electrons. The Kier molecular flexibility index (Phi) is 3.18. The fraction of sp³-hybridized carbons (Fsp3) is 0.455. The maximum absolute atomic E-state index is 9.22. The van der Waals surface area contributed by atoms with E-state index in [1.54, 1.807) is 12.1 Å². The number of rotatable bonds is 3. The van der Waals surface area contributed by atoms with E-state index >= 15 is 0 Å². The second-order valence-electron chi connectivity index (χ2n) is 3.58. The molecule has 0 aromatic heterocycles. The predicted molar refractivity (Wildman–Crippen MR) is 52.9 cm³/mol. The summed E-state index contributed by atoms with van der Waals surface area (Å²) in [4.78, 5) is 0. The van der Waals surface area contributed by atoms with Crippen LogP contribution in [-0.2, 0) is 6.42 Å². The Labute approximate surface area is 78.8 Å². The van der Waals surface area contributed by atoms with E-state index in [1.165, 1.54) is 6.07 Å². The SMILES string of the molecule is CC[C@@H](C)Cc1cc(O)cc(O)c1. The highest BCUT2D eigenvalue weighted by Gasteiger charge is 2.03. The second kappa shape index (κ2) is 4.17. The average Bonchev–Trinajstić information content (AvgIpc) is 2.02. The molecule has 1 atom stereocenters. The Morgan fingerprint density at radius 2 is 1.69 bits per heavy atom. The van der Waals surface area contributed by atoms with Gasteiger partial charge in [0.25, 0.3) is 0 Å². The van der Waals surface area contributed by atoms with Crippen LogP contribution in [0.3, 0.4) is 0 Å². The third kappa shape index (κ3) is 2.98. The molecule has 0 radical (unpaired) electrons. The van der Waals surface area contributed by atoms with Crippen LogP contribution in [0, 0.1) is 5.92 Å². The van der Waals surface area contributed by atoms with Crippen LogP contribution in [0.25, 0.3) is 0 Å². The van der Waals surface area contributed by atoms with Crippen molar-refractivity contribution in [3.63, 3.8) is 0 Å². The molecule has 1 aromatic rings. The van der Waals surface area contributed by atoms with Crippen molar-refractivity contribution in [1.82, 2.24) is 0 Å². The third-order valence-electron chi connectivity index (χ3n) is 2.24. The minimum Gasteiger partial charge on any atom is -0.508 e. The molecular formula is C11H16O2. The van der Waals surface area contributed by atoms with Gasteiger partial charge in [0.05, 0.1) is 0 Å². The number of phenols is 2. The van der Waals surface area contributed by atoms with Gasteiger partial charge in [-0.05, 0) is 30.0 Å². The Hall–Kier alpha value is -1.18. The van der Waals surface area contributed by atoms with E-state index in [0.29, 0.717) is 5.92 Å². The number of hydrogen-bond acceptors (Lipinski definition) is 2. The molecule has 0 aliphatic rings. The lowest BCUT2D eigenvalue weighted by molar-refractivity contribution is 0.447. The van der Waals surface area contributed by atoms with Gasteiger partial charge in [0.1, 0.15) is 11.5 Å². The van der Waals surface area contributed by atoms with Gasteiger partial charge in [-0.2, -0.15) is 0 Å². The molecule has 1 aromatic carbocycles. The second-order valence-corrected chi connectivity index (χ2v) is 3.58. The Morgan fingerprint density at radius 1 is 1.15 bits per heavy atom. The normalized spacial score (nSPS) is 12.8. The predicted octanol–water partition coefficient (Wildman–Crippen LogP) is 2.69. The van der Waals surface area contributed by atoms with E-state index in [9.17, 15) is 10.2 Å². The summed E-state index contributed by atoms with van der Waals surface area (Å²) in [6, 6.07) is 4.75. The van der Waals surface area contributed by atoms with Crippen LogP contribution in [-0.4, -0.2) is 10.2 Å². The highest BCUT2D eigenvalue weighted by atomic mass is 16.3. The Balaban J connectivity index is 2.77. The molecule has 1 rings (SSSR count). The summed E-state index contributed by atoms with van der Waals surface area (Å²) in [5.74, 6) is 0.859. The van der Waals surface area contributed by atoms with E-state index in [-0.39, 0.29) is 11.5 Å². The van der Waals surface area contributed by atoms with Crippen molar-refractivity contribution in [2.75, 3.05) is 0 Å². The van der Waals surface area contributed by atoms with Crippen molar-refractivity contribution < 1.29 is 10.2 Å². The molecule has 2 N–H and O–H groups in total. The molecule has 2 heteroatoms. The first-order chi connectivity index (χ1) is 6.11. The maximum Gasteiger partial charge on any atom is 0.119 e. The van der Waals surface area contributed by atoms with E-state index in [0.717, 1.165) is 18.4 Å². The zero-order valence-corrected chi connectivity index (χ0v) is 8.12. The topological polar surface area (TPSA) is 40.5 Å². The van der Waals surface area contributed by atoms with E-state index < -0.39 is 0 Å². The lowest BCUT2D eigenvalue weighted by atomic mass is 9.99. The lowest BCUT2D eigenvalue weighted by Crippen LogP contribution is -1.97. The quantitative estimate of drug-likeness (QED) is 0.750. The molecule has 13 heavy (non-hydrogen) atoms. The molecule has 0 aliphatic carbocycles. The van der Waals surface area contributed by atoms with Crippen LogP contribution in [0.2, 0.25) is 0 Å². The van der Waals surface area contributed by atoms with Crippen molar-refractivity contribution in [2.24, 2.45) is 5.92 Å². The fourth-order valence-corrected chi connectivity index (χ4v) is 1.32. The highest BCUT2D eigenvalue weighted by molar-refractivity contribution is 5.36. The molecule has 0 saturated carbocycles. The van der Waals surface area contributed by atoms with Crippen LogP contribution < -0.4 is 0 Å². The monoisotopic (exact) mass is 180 g/mol. The molecule has 0 fully saturated rings.